The van der Waals surface area contributed by atoms with Crippen molar-refractivity contribution in [3.8, 4) is 0 Å². The van der Waals surface area contributed by atoms with E-state index in [1.807, 2.05) is 13.8 Å². The molecule has 1 aliphatic heterocycles. The van der Waals surface area contributed by atoms with Crippen molar-refractivity contribution >= 4 is 35.5 Å². The van der Waals surface area contributed by atoms with Gasteiger partial charge >= 0.3 is 18.1 Å². The number of amidine groups is 1. The predicted octanol–water partition coefficient (Wildman–Crippen LogP) is 0.999. The summed E-state index contributed by atoms with van der Waals surface area (Å²) in [4.78, 5) is 55.3. The minimum Gasteiger partial charge on any atom is -0.465 e. The zero-order chi connectivity index (χ0) is 25.3. The van der Waals surface area contributed by atoms with Crippen molar-refractivity contribution < 1.29 is 28.8 Å². The SMILES string of the molecule is CC(C)COC(=O)CCNC(=O)NC1CCN(c2ccc(C(N)=NOC(=O)N(C)C)cc2)C1=O. The molecule has 186 valence electrons. The molecule has 1 heterocycles. The number of amides is 4. The van der Waals surface area contributed by atoms with Crippen molar-refractivity contribution in [2.24, 2.45) is 16.8 Å². The number of nitrogens with one attached hydrogen (secondary N) is 2. The Hall–Kier alpha value is -3.83. The molecular weight excluding hydrogens is 444 g/mol. The molecule has 0 saturated carbocycles. The molecule has 1 fully saturated rings. The largest absolute Gasteiger partial charge is 0.465 e. The molecule has 0 radical (unpaired) electrons. The normalized spacial score (nSPS) is 15.8. The summed E-state index contributed by atoms with van der Waals surface area (Å²) in [6.45, 7) is 4.74. The van der Waals surface area contributed by atoms with Crippen molar-refractivity contribution in [1.29, 1.82) is 0 Å². The van der Waals surface area contributed by atoms with E-state index < -0.39 is 18.2 Å². The van der Waals surface area contributed by atoms with E-state index in [4.69, 9.17) is 15.3 Å². The van der Waals surface area contributed by atoms with Crippen LogP contribution in [-0.2, 0) is 19.2 Å². The maximum atomic E-state index is 12.7. The summed E-state index contributed by atoms with van der Waals surface area (Å²) >= 11 is 0. The van der Waals surface area contributed by atoms with E-state index in [-0.39, 0.29) is 36.6 Å². The molecule has 1 unspecified atom stereocenters. The number of urea groups is 1. The van der Waals surface area contributed by atoms with Crippen LogP contribution in [0.25, 0.3) is 0 Å². The number of hydrogen-bond donors (Lipinski definition) is 3. The minimum absolute atomic E-state index is 0.0128. The first kappa shape index (κ1) is 26.4. The number of hydrogen-bond acceptors (Lipinski definition) is 7. The molecule has 12 nitrogen and oxygen atoms in total. The number of nitrogens with zero attached hydrogens (tertiary/aromatic N) is 3. The smallest absolute Gasteiger partial charge is 0.435 e. The van der Waals surface area contributed by atoms with Crippen molar-refractivity contribution in [3.05, 3.63) is 29.8 Å². The highest BCUT2D eigenvalue weighted by Crippen LogP contribution is 2.22. The van der Waals surface area contributed by atoms with Gasteiger partial charge in [0.1, 0.15) is 6.04 Å². The van der Waals surface area contributed by atoms with E-state index in [2.05, 4.69) is 15.8 Å². The monoisotopic (exact) mass is 476 g/mol. The van der Waals surface area contributed by atoms with Gasteiger partial charge in [-0.1, -0.05) is 19.0 Å². The van der Waals surface area contributed by atoms with Gasteiger partial charge in [-0.2, -0.15) is 0 Å². The fraction of sp³-hybridized carbons (Fsp3) is 0.500. The molecule has 4 amide bonds. The van der Waals surface area contributed by atoms with Gasteiger partial charge in [0.2, 0.25) is 5.91 Å². The third kappa shape index (κ3) is 7.94. The summed E-state index contributed by atoms with van der Waals surface area (Å²) in [5.41, 5.74) is 6.98. The lowest BCUT2D eigenvalue weighted by molar-refractivity contribution is -0.144. The molecule has 0 aliphatic carbocycles. The number of esters is 1. The third-order valence-electron chi connectivity index (χ3n) is 4.77. The number of carbonyl (C=O) groups excluding carboxylic acids is 4. The molecule has 0 bridgehead atoms. The lowest BCUT2D eigenvalue weighted by atomic mass is 10.2. The first-order chi connectivity index (χ1) is 16.1. The van der Waals surface area contributed by atoms with Crippen LogP contribution < -0.4 is 21.3 Å². The number of carbonyl (C=O) groups is 4. The Kier molecular flexibility index (Phi) is 9.65. The Morgan fingerprint density at radius 3 is 2.53 bits per heavy atom. The lowest BCUT2D eigenvalue weighted by Crippen LogP contribution is -2.46. The Labute approximate surface area is 198 Å². The van der Waals surface area contributed by atoms with E-state index in [0.29, 0.717) is 30.8 Å². The molecule has 1 saturated heterocycles. The zero-order valence-corrected chi connectivity index (χ0v) is 19.9. The van der Waals surface area contributed by atoms with Crippen LogP contribution in [0.15, 0.2) is 29.4 Å². The number of nitrogens with two attached hydrogens (primary N) is 1. The summed E-state index contributed by atoms with van der Waals surface area (Å²) < 4.78 is 5.04. The number of benzene rings is 1. The molecule has 1 aromatic carbocycles. The summed E-state index contributed by atoms with van der Waals surface area (Å²) in [6, 6.07) is 5.48. The van der Waals surface area contributed by atoms with Crippen molar-refractivity contribution in [1.82, 2.24) is 15.5 Å². The van der Waals surface area contributed by atoms with Gasteiger partial charge in [-0.15, -0.1) is 0 Å². The van der Waals surface area contributed by atoms with Crippen molar-refractivity contribution in [2.75, 3.05) is 38.7 Å². The quantitative estimate of drug-likeness (QED) is 0.158. The molecule has 4 N–H and O–H groups in total. The van der Waals surface area contributed by atoms with E-state index in [1.165, 1.54) is 19.0 Å². The van der Waals surface area contributed by atoms with Crippen LogP contribution in [0.2, 0.25) is 0 Å². The van der Waals surface area contributed by atoms with Crippen molar-refractivity contribution in [2.45, 2.75) is 32.7 Å². The molecule has 0 spiro atoms. The second-order valence-corrected chi connectivity index (χ2v) is 8.33. The number of oxime groups is 1. The van der Waals surface area contributed by atoms with Gasteiger partial charge in [-0.3, -0.25) is 14.4 Å². The van der Waals surface area contributed by atoms with Gasteiger partial charge in [-0.05, 0) is 36.6 Å². The van der Waals surface area contributed by atoms with E-state index in [1.54, 1.807) is 29.2 Å². The fourth-order valence-corrected chi connectivity index (χ4v) is 2.92. The maximum absolute atomic E-state index is 12.7. The Morgan fingerprint density at radius 1 is 1.24 bits per heavy atom. The third-order valence-corrected chi connectivity index (χ3v) is 4.77. The fourth-order valence-electron chi connectivity index (χ4n) is 2.92. The Morgan fingerprint density at radius 2 is 1.91 bits per heavy atom. The van der Waals surface area contributed by atoms with E-state index >= 15 is 0 Å². The maximum Gasteiger partial charge on any atom is 0.435 e. The summed E-state index contributed by atoms with van der Waals surface area (Å²) in [5, 5.41) is 8.79. The van der Waals surface area contributed by atoms with Gasteiger partial charge < -0.3 is 30.9 Å². The van der Waals surface area contributed by atoms with Crippen LogP contribution in [0.3, 0.4) is 0 Å². The van der Waals surface area contributed by atoms with Gasteiger partial charge in [0.25, 0.3) is 0 Å². The van der Waals surface area contributed by atoms with Crippen LogP contribution in [0.1, 0.15) is 32.3 Å². The van der Waals surface area contributed by atoms with Crippen LogP contribution in [-0.4, -0.2) is 74.6 Å². The van der Waals surface area contributed by atoms with Gasteiger partial charge in [-0.25, -0.2) is 9.59 Å². The van der Waals surface area contributed by atoms with Crippen LogP contribution in [0.5, 0.6) is 0 Å². The highest BCUT2D eigenvalue weighted by molar-refractivity contribution is 6.02. The van der Waals surface area contributed by atoms with E-state index in [9.17, 15) is 19.2 Å². The number of anilines is 1. The zero-order valence-electron chi connectivity index (χ0n) is 19.9. The molecule has 12 heteroatoms. The minimum atomic E-state index is -0.676. The Bertz CT molecular complexity index is 915. The molecule has 2 rings (SSSR count). The van der Waals surface area contributed by atoms with Gasteiger partial charge in [0.15, 0.2) is 5.84 Å². The van der Waals surface area contributed by atoms with Crippen LogP contribution in [0.4, 0.5) is 15.3 Å². The van der Waals surface area contributed by atoms with Crippen LogP contribution >= 0.6 is 0 Å². The van der Waals surface area contributed by atoms with Crippen LogP contribution in [0, 0.1) is 5.92 Å². The standard InChI is InChI=1S/C22H32N6O6/c1-14(2)13-33-18(29)9-11-24-21(31)25-17-10-12-28(20(17)30)16-7-5-15(6-8-16)19(23)26-34-22(32)27(3)4/h5-8,14,17H,9-13H2,1-4H3,(H2,23,26)(H2,24,25,31). The number of rotatable bonds is 9. The first-order valence-corrected chi connectivity index (χ1v) is 10.9. The molecule has 1 aromatic rings. The second-order valence-electron chi connectivity index (χ2n) is 8.33. The van der Waals surface area contributed by atoms with E-state index in [0.717, 1.165) is 0 Å². The lowest BCUT2D eigenvalue weighted by Gasteiger charge is -2.18. The second kappa shape index (κ2) is 12.4. The average Bonchev–Trinajstić information content (AvgIpc) is 3.15. The topological polar surface area (TPSA) is 156 Å². The summed E-state index contributed by atoms with van der Waals surface area (Å²) in [6.07, 6.45) is -0.164. The highest BCUT2D eigenvalue weighted by atomic mass is 16.7. The molecular formula is C22H32N6O6. The van der Waals surface area contributed by atoms with Gasteiger partial charge in [0.05, 0.1) is 13.0 Å². The Balaban J connectivity index is 1.83. The highest BCUT2D eigenvalue weighted by Gasteiger charge is 2.33. The molecule has 1 atom stereocenters. The molecule has 1 aliphatic rings. The summed E-state index contributed by atoms with van der Waals surface area (Å²) in [7, 11) is 3.04. The summed E-state index contributed by atoms with van der Waals surface area (Å²) in [5.74, 6) is -0.382. The predicted molar refractivity (Wildman–Crippen MR) is 125 cm³/mol. The average molecular weight is 477 g/mol. The molecule has 34 heavy (non-hydrogen) atoms. The number of ether oxygens (including phenoxy) is 1. The molecule has 0 aromatic heterocycles. The van der Waals surface area contributed by atoms with Gasteiger partial charge in [0, 0.05) is 38.4 Å². The first-order valence-electron chi connectivity index (χ1n) is 10.9. The van der Waals surface area contributed by atoms with Crippen molar-refractivity contribution in [3.63, 3.8) is 0 Å².